The second-order valence-corrected chi connectivity index (χ2v) is 8.97. The van der Waals surface area contributed by atoms with Crippen LogP contribution in [0.25, 0.3) is 5.69 Å². The standard InChI is InChI=1S/C21H26N4O3S/c1-13-8-14(2)10-24(9-13)21(27)20(26)22-19-17-11-29-12-18(17)23-25(19)15-4-6-16(28-3)7-5-15/h4-7,13-14H,8-12H2,1-3H3,(H,22,26)/t13-,14+. The number of nitrogens with zero attached hydrogens (tertiary/aromatic N) is 3. The van der Waals surface area contributed by atoms with E-state index in [9.17, 15) is 9.59 Å². The van der Waals surface area contributed by atoms with Gasteiger partial charge in [-0.1, -0.05) is 13.8 Å². The molecule has 2 atom stereocenters. The summed E-state index contributed by atoms with van der Waals surface area (Å²) in [4.78, 5) is 27.3. The highest BCUT2D eigenvalue weighted by Crippen LogP contribution is 2.36. The number of hydrogen-bond donors (Lipinski definition) is 1. The molecule has 0 bridgehead atoms. The summed E-state index contributed by atoms with van der Waals surface area (Å²) < 4.78 is 6.94. The molecule has 2 aliphatic heterocycles. The lowest BCUT2D eigenvalue weighted by molar-refractivity contribution is -0.145. The average molecular weight is 415 g/mol. The Hall–Kier alpha value is -2.48. The van der Waals surface area contributed by atoms with Crippen molar-refractivity contribution < 1.29 is 14.3 Å². The summed E-state index contributed by atoms with van der Waals surface area (Å²) in [6.07, 6.45) is 1.08. The van der Waals surface area contributed by atoms with Crippen molar-refractivity contribution in [2.24, 2.45) is 11.8 Å². The average Bonchev–Trinajstić information content (AvgIpc) is 3.29. The molecule has 3 heterocycles. The van der Waals surface area contributed by atoms with Crippen molar-refractivity contribution in [3.63, 3.8) is 0 Å². The summed E-state index contributed by atoms with van der Waals surface area (Å²) in [6, 6.07) is 7.48. The van der Waals surface area contributed by atoms with Crippen LogP contribution in [0.2, 0.25) is 0 Å². The van der Waals surface area contributed by atoms with Crippen LogP contribution in [-0.4, -0.2) is 46.7 Å². The lowest BCUT2D eigenvalue weighted by Gasteiger charge is -2.34. The Morgan fingerprint density at radius 1 is 1.14 bits per heavy atom. The fourth-order valence-corrected chi connectivity index (χ4v) is 5.22. The molecule has 0 spiro atoms. The van der Waals surface area contributed by atoms with Crippen LogP contribution in [0.1, 0.15) is 31.5 Å². The molecular weight excluding hydrogens is 388 g/mol. The minimum absolute atomic E-state index is 0.404. The molecular formula is C21H26N4O3S. The molecule has 1 aromatic carbocycles. The third-order valence-corrected chi connectivity index (χ3v) is 6.42. The Kier molecular flexibility index (Phi) is 5.54. The number of aromatic nitrogens is 2. The van der Waals surface area contributed by atoms with Crippen LogP contribution in [0.4, 0.5) is 5.82 Å². The van der Waals surface area contributed by atoms with E-state index in [1.54, 1.807) is 28.5 Å². The minimum Gasteiger partial charge on any atom is -0.497 e. The Balaban J connectivity index is 1.59. The van der Waals surface area contributed by atoms with E-state index in [-0.39, 0.29) is 0 Å². The number of likely N-dealkylation sites (tertiary alicyclic amines) is 1. The summed E-state index contributed by atoms with van der Waals surface area (Å²) in [7, 11) is 1.62. The molecule has 154 valence electrons. The molecule has 2 aliphatic rings. The molecule has 1 fully saturated rings. The monoisotopic (exact) mass is 414 g/mol. The molecule has 0 saturated carbocycles. The molecule has 2 amide bonds. The fourth-order valence-electron chi connectivity index (χ4n) is 4.19. The van der Waals surface area contributed by atoms with Crippen molar-refractivity contribution in [1.29, 1.82) is 0 Å². The van der Waals surface area contributed by atoms with E-state index < -0.39 is 11.8 Å². The highest BCUT2D eigenvalue weighted by Gasteiger charge is 2.31. The van der Waals surface area contributed by atoms with E-state index in [1.807, 2.05) is 24.3 Å². The van der Waals surface area contributed by atoms with E-state index in [2.05, 4.69) is 24.3 Å². The van der Waals surface area contributed by atoms with Gasteiger partial charge in [-0.3, -0.25) is 9.59 Å². The van der Waals surface area contributed by atoms with E-state index in [0.29, 0.717) is 30.7 Å². The number of carbonyl (C=O) groups excluding carboxylic acids is 2. The number of ether oxygens (including phenoxy) is 1. The first-order valence-corrected chi connectivity index (χ1v) is 11.0. The molecule has 0 radical (unpaired) electrons. The summed E-state index contributed by atoms with van der Waals surface area (Å²) >= 11 is 1.76. The van der Waals surface area contributed by atoms with Gasteiger partial charge in [-0.15, -0.1) is 0 Å². The maximum absolute atomic E-state index is 12.8. The zero-order valence-corrected chi connectivity index (χ0v) is 17.8. The number of benzene rings is 1. The van der Waals surface area contributed by atoms with Crippen LogP contribution in [0.3, 0.4) is 0 Å². The SMILES string of the molecule is COc1ccc(-n2nc3c(c2NC(=O)C(=O)N2C[C@H](C)C[C@H](C)C2)CSC3)cc1. The maximum Gasteiger partial charge on any atom is 0.315 e. The van der Waals surface area contributed by atoms with Gasteiger partial charge in [-0.25, -0.2) is 4.68 Å². The quantitative estimate of drug-likeness (QED) is 0.781. The molecule has 29 heavy (non-hydrogen) atoms. The molecule has 1 aromatic heterocycles. The first-order valence-electron chi connectivity index (χ1n) is 9.89. The number of hydrogen-bond acceptors (Lipinski definition) is 5. The van der Waals surface area contributed by atoms with E-state index >= 15 is 0 Å². The maximum atomic E-state index is 12.8. The van der Waals surface area contributed by atoms with Gasteiger partial charge in [0.25, 0.3) is 0 Å². The summed E-state index contributed by atoms with van der Waals surface area (Å²) in [5, 5.41) is 7.55. The number of thioether (sulfide) groups is 1. The first kappa shape index (κ1) is 19.8. The molecule has 0 aliphatic carbocycles. The molecule has 1 saturated heterocycles. The van der Waals surface area contributed by atoms with Crippen LogP contribution < -0.4 is 10.1 Å². The third kappa shape index (κ3) is 3.99. The second kappa shape index (κ2) is 8.10. The number of fused-ring (bicyclic) bond motifs is 1. The van der Waals surface area contributed by atoms with Crippen LogP contribution in [0.5, 0.6) is 5.75 Å². The first-order chi connectivity index (χ1) is 14.0. The van der Waals surface area contributed by atoms with Gasteiger partial charge in [-0.2, -0.15) is 16.9 Å². The zero-order valence-electron chi connectivity index (χ0n) is 17.0. The predicted octanol–water partition coefficient (Wildman–Crippen LogP) is 3.07. The highest BCUT2D eigenvalue weighted by molar-refractivity contribution is 7.98. The third-order valence-electron chi connectivity index (χ3n) is 5.45. The van der Waals surface area contributed by atoms with E-state index in [1.165, 1.54) is 0 Å². The van der Waals surface area contributed by atoms with Crippen molar-refractivity contribution in [2.45, 2.75) is 31.8 Å². The van der Waals surface area contributed by atoms with Crippen molar-refractivity contribution in [1.82, 2.24) is 14.7 Å². The lowest BCUT2D eigenvalue weighted by Crippen LogP contribution is -2.47. The van der Waals surface area contributed by atoms with Crippen molar-refractivity contribution in [3.05, 3.63) is 35.5 Å². The highest BCUT2D eigenvalue weighted by atomic mass is 32.2. The number of methoxy groups -OCH3 is 1. The topological polar surface area (TPSA) is 76.5 Å². The van der Waals surface area contributed by atoms with Crippen LogP contribution in [0, 0.1) is 11.8 Å². The number of carbonyl (C=O) groups is 2. The van der Waals surface area contributed by atoms with Gasteiger partial charge in [0, 0.05) is 30.2 Å². The Morgan fingerprint density at radius 2 is 1.83 bits per heavy atom. The zero-order chi connectivity index (χ0) is 20.5. The Bertz CT molecular complexity index is 915. The Morgan fingerprint density at radius 3 is 2.48 bits per heavy atom. The Labute approximate surface area is 174 Å². The second-order valence-electron chi connectivity index (χ2n) is 7.99. The van der Waals surface area contributed by atoms with Crippen LogP contribution >= 0.6 is 11.8 Å². The van der Waals surface area contributed by atoms with Crippen molar-refractivity contribution >= 4 is 29.4 Å². The molecule has 2 aromatic rings. The van der Waals surface area contributed by atoms with Crippen LogP contribution in [0.15, 0.2) is 24.3 Å². The molecule has 0 unspecified atom stereocenters. The van der Waals surface area contributed by atoms with Gasteiger partial charge >= 0.3 is 11.8 Å². The number of amides is 2. The van der Waals surface area contributed by atoms with Gasteiger partial charge in [0.2, 0.25) is 0 Å². The van der Waals surface area contributed by atoms with E-state index in [4.69, 9.17) is 4.74 Å². The van der Waals surface area contributed by atoms with Crippen molar-refractivity contribution in [2.75, 3.05) is 25.5 Å². The number of rotatable bonds is 3. The normalized spacial score (nSPS) is 21.0. The van der Waals surface area contributed by atoms with Gasteiger partial charge in [-0.05, 0) is 42.5 Å². The number of anilines is 1. The summed E-state index contributed by atoms with van der Waals surface area (Å²) in [5.41, 5.74) is 2.76. The molecule has 4 rings (SSSR count). The van der Waals surface area contributed by atoms with Gasteiger partial charge < -0.3 is 15.0 Å². The smallest absolute Gasteiger partial charge is 0.315 e. The lowest BCUT2D eigenvalue weighted by atomic mass is 9.92. The number of nitrogens with one attached hydrogen (secondary N) is 1. The summed E-state index contributed by atoms with van der Waals surface area (Å²) in [5.74, 6) is 2.65. The van der Waals surface area contributed by atoms with E-state index in [0.717, 1.165) is 40.6 Å². The molecule has 8 heteroatoms. The molecule has 7 nitrogen and oxygen atoms in total. The minimum atomic E-state index is -0.597. The van der Waals surface area contributed by atoms with Gasteiger partial charge in [0.1, 0.15) is 11.6 Å². The van der Waals surface area contributed by atoms with Crippen molar-refractivity contribution in [3.8, 4) is 11.4 Å². The largest absolute Gasteiger partial charge is 0.497 e. The van der Waals surface area contributed by atoms with Gasteiger partial charge in [0.15, 0.2) is 0 Å². The number of piperidine rings is 1. The van der Waals surface area contributed by atoms with Gasteiger partial charge in [0.05, 0.1) is 18.5 Å². The van der Waals surface area contributed by atoms with Crippen LogP contribution in [-0.2, 0) is 21.1 Å². The fraction of sp³-hybridized carbons (Fsp3) is 0.476. The molecule has 1 N–H and O–H groups in total. The predicted molar refractivity (Wildman–Crippen MR) is 113 cm³/mol. The summed E-state index contributed by atoms with van der Waals surface area (Å²) in [6.45, 7) is 5.50.